The summed E-state index contributed by atoms with van der Waals surface area (Å²) in [5, 5.41) is 3.97. The Labute approximate surface area is 150 Å². The molecule has 1 saturated carbocycles. The molecule has 0 radical (unpaired) electrons. The molecular weight excluding hydrogens is 342 g/mol. The largest absolute Gasteiger partial charge is 0.468 e. The zero-order valence-corrected chi connectivity index (χ0v) is 14.5. The van der Waals surface area contributed by atoms with Gasteiger partial charge in [-0.15, -0.1) is 0 Å². The lowest BCUT2D eigenvalue weighted by atomic mass is 10.2. The zero-order valence-electron chi connectivity index (χ0n) is 14.5. The third-order valence-electron chi connectivity index (χ3n) is 5.02. The molecule has 6 nitrogen and oxygen atoms in total. The van der Waals surface area contributed by atoms with E-state index in [2.05, 4.69) is 10.00 Å². The molecule has 2 fully saturated rings. The molecule has 1 aliphatic carbocycles. The summed E-state index contributed by atoms with van der Waals surface area (Å²) in [6, 6.07) is 5.26. The first-order chi connectivity index (χ1) is 12.6. The van der Waals surface area contributed by atoms with Crippen molar-refractivity contribution >= 4 is 5.91 Å². The summed E-state index contributed by atoms with van der Waals surface area (Å²) < 4.78 is 32.7. The fourth-order valence-electron chi connectivity index (χ4n) is 3.40. The van der Waals surface area contributed by atoms with E-state index in [0.29, 0.717) is 13.1 Å². The fourth-order valence-corrected chi connectivity index (χ4v) is 3.40. The SMILES string of the molecule is O=C(Cn1nc(C(F)F)cc1C1CC1)N1CCN(Cc2ccco2)CC1. The average molecular weight is 364 g/mol. The predicted molar refractivity (Wildman–Crippen MR) is 89.7 cm³/mol. The van der Waals surface area contributed by atoms with E-state index < -0.39 is 6.43 Å². The van der Waals surface area contributed by atoms with Gasteiger partial charge in [-0.25, -0.2) is 8.78 Å². The van der Waals surface area contributed by atoms with Crippen LogP contribution in [0.5, 0.6) is 0 Å². The van der Waals surface area contributed by atoms with Crippen LogP contribution in [0.1, 0.15) is 42.3 Å². The highest BCUT2D eigenvalue weighted by atomic mass is 19.3. The average Bonchev–Trinajstić information content (AvgIpc) is 3.17. The number of aromatic nitrogens is 2. The Morgan fingerprint density at radius 3 is 2.65 bits per heavy atom. The lowest BCUT2D eigenvalue weighted by Gasteiger charge is -2.34. The lowest BCUT2D eigenvalue weighted by Crippen LogP contribution is -2.49. The highest BCUT2D eigenvalue weighted by molar-refractivity contribution is 5.76. The molecule has 8 heteroatoms. The number of rotatable bonds is 6. The van der Waals surface area contributed by atoms with Gasteiger partial charge in [0.15, 0.2) is 0 Å². The van der Waals surface area contributed by atoms with Gasteiger partial charge in [0.1, 0.15) is 18.0 Å². The molecule has 0 spiro atoms. The number of piperazine rings is 1. The maximum Gasteiger partial charge on any atom is 0.282 e. The Hall–Kier alpha value is -2.22. The van der Waals surface area contributed by atoms with E-state index >= 15 is 0 Å². The summed E-state index contributed by atoms with van der Waals surface area (Å²) in [5.74, 6) is 1.12. The Morgan fingerprint density at radius 1 is 1.27 bits per heavy atom. The van der Waals surface area contributed by atoms with Crippen LogP contribution in [0.3, 0.4) is 0 Å². The molecule has 1 amide bonds. The quantitative estimate of drug-likeness (QED) is 0.791. The van der Waals surface area contributed by atoms with E-state index in [0.717, 1.165) is 43.9 Å². The molecule has 3 heterocycles. The second-order valence-electron chi connectivity index (χ2n) is 6.96. The number of halogens is 2. The van der Waals surface area contributed by atoms with Crippen molar-refractivity contribution in [2.45, 2.75) is 38.3 Å². The third kappa shape index (κ3) is 3.80. The van der Waals surface area contributed by atoms with Gasteiger partial charge in [0.2, 0.25) is 5.91 Å². The molecule has 1 saturated heterocycles. The molecule has 2 aromatic rings. The van der Waals surface area contributed by atoms with Crippen LogP contribution in [-0.2, 0) is 17.9 Å². The smallest absolute Gasteiger partial charge is 0.282 e. The van der Waals surface area contributed by atoms with E-state index in [-0.39, 0.29) is 24.1 Å². The van der Waals surface area contributed by atoms with Gasteiger partial charge in [0.05, 0.1) is 12.8 Å². The molecule has 140 valence electrons. The highest BCUT2D eigenvalue weighted by Crippen LogP contribution is 2.41. The van der Waals surface area contributed by atoms with Gasteiger partial charge >= 0.3 is 0 Å². The minimum Gasteiger partial charge on any atom is -0.468 e. The molecule has 26 heavy (non-hydrogen) atoms. The van der Waals surface area contributed by atoms with E-state index in [1.807, 2.05) is 12.1 Å². The number of alkyl halides is 2. The molecule has 0 bridgehead atoms. The molecule has 0 N–H and O–H groups in total. The van der Waals surface area contributed by atoms with Crippen LogP contribution in [-0.4, -0.2) is 51.7 Å². The lowest BCUT2D eigenvalue weighted by molar-refractivity contribution is -0.133. The van der Waals surface area contributed by atoms with Crippen LogP contribution in [0.4, 0.5) is 8.78 Å². The predicted octanol–water partition coefficient (Wildman–Crippen LogP) is 2.64. The topological polar surface area (TPSA) is 54.5 Å². The van der Waals surface area contributed by atoms with Gasteiger partial charge in [-0.2, -0.15) is 5.10 Å². The van der Waals surface area contributed by atoms with Crippen LogP contribution >= 0.6 is 0 Å². The van der Waals surface area contributed by atoms with Crippen molar-refractivity contribution in [2.24, 2.45) is 0 Å². The Morgan fingerprint density at radius 2 is 2.04 bits per heavy atom. The van der Waals surface area contributed by atoms with Gasteiger partial charge < -0.3 is 9.32 Å². The zero-order chi connectivity index (χ0) is 18.1. The van der Waals surface area contributed by atoms with Crippen LogP contribution < -0.4 is 0 Å². The van der Waals surface area contributed by atoms with Crippen molar-refractivity contribution in [2.75, 3.05) is 26.2 Å². The van der Waals surface area contributed by atoms with Crippen molar-refractivity contribution in [1.82, 2.24) is 19.6 Å². The standard InChI is InChI=1S/C18H22F2N4O2/c19-18(20)15-10-16(13-3-4-13)24(21-15)12-17(25)23-7-5-22(6-8-23)11-14-2-1-9-26-14/h1-2,9-10,13,18H,3-8,11-12H2. The van der Waals surface area contributed by atoms with Gasteiger partial charge in [-0.05, 0) is 31.0 Å². The van der Waals surface area contributed by atoms with Crippen molar-refractivity contribution in [3.63, 3.8) is 0 Å². The van der Waals surface area contributed by atoms with Crippen LogP contribution in [0, 0.1) is 0 Å². The number of amides is 1. The number of furan rings is 1. The first kappa shape index (κ1) is 17.2. The Bertz CT molecular complexity index is 747. The number of nitrogens with zero attached hydrogens (tertiary/aromatic N) is 4. The van der Waals surface area contributed by atoms with E-state index in [1.54, 1.807) is 11.2 Å². The van der Waals surface area contributed by atoms with Crippen LogP contribution in [0.25, 0.3) is 0 Å². The summed E-state index contributed by atoms with van der Waals surface area (Å²) in [7, 11) is 0. The Kier molecular flexibility index (Phi) is 4.76. The number of carbonyl (C=O) groups excluding carboxylic acids is 1. The summed E-state index contributed by atoms with van der Waals surface area (Å²) >= 11 is 0. The van der Waals surface area contributed by atoms with Gasteiger partial charge in [-0.3, -0.25) is 14.4 Å². The summed E-state index contributed by atoms with van der Waals surface area (Å²) in [6.07, 6.45) is 1.01. The first-order valence-corrected chi connectivity index (χ1v) is 8.98. The summed E-state index contributed by atoms with van der Waals surface area (Å²) in [5.41, 5.74) is 0.535. The molecule has 0 unspecified atom stereocenters. The van der Waals surface area contributed by atoms with E-state index in [1.165, 1.54) is 10.7 Å². The van der Waals surface area contributed by atoms with E-state index in [4.69, 9.17) is 4.42 Å². The van der Waals surface area contributed by atoms with Crippen molar-refractivity contribution in [1.29, 1.82) is 0 Å². The maximum atomic E-state index is 13.0. The first-order valence-electron chi connectivity index (χ1n) is 8.98. The number of hydrogen-bond acceptors (Lipinski definition) is 4. The van der Waals surface area contributed by atoms with Crippen molar-refractivity contribution in [3.8, 4) is 0 Å². The molecule has 2 aromatic heterocycles. The second kappa shape index (κ2) is 7.19. The minimum absolute atomic E-state index is 0.0384. The molecule has 2 aliphatic rings. The monoisotopic (exact) mass is 364 g/mol. The molecule has 0 aromatic carbocycles. The number of carbonyl (C=O) groups is 1. The third-order valence-corrected chi connectivity index (χ3v) is 5.02. The van der Waals surface area contributed by atoms with E-state index in [9.17, 15) is 13.6 Å². The summed E-state index contributed by atoms with van der Waals surface area (Å²) in [4.78, 5) is 16.6. The maximum absolute atomic E-state index is 13.0. The second-order valence-corrected chi connectivity index (χ2v) is 6.96. The normalized spacial score (nSPS) is 18.7. The summed E-state index contributed by atoms with van der Waals surface area (Å²) in [6.45, 7) is 3.56. The van der Waals surface area contributed by atoms with Gasteiger partial charge in [0.25, 0.3) is 6.43 Å². The van der Waals surface area contributed by atoms with Crippen molar-refractivity contribution in [3.05, 3.63) is 41.6 Å². The van der Waals surface area contributed by atoms with Gasteiger partial charge in [0, 0.05) is 37.8 Å². The highest BCUT2D eigenvalue weighted by Gasteiger charge is 2.31. The van der Waals surface area contributed by atoms with Crippen LogP contribution in [0.2, 0.25) is 0 Å². The molecular formula is C18H22F2N4O2. The van der Waals surface area contributed by atoms with Crippen LogP contribution in [0.15, 0.2) is 28.9 Å². The minimum atomic E-state index is -2.60. The molecule has 1 aliphatic heterocycles. The van der Waals surface area contributed by atoms with Gasteiger partial charge in [-0.1, -0.05) is 0 Å². The molecule has 0 atom stereocenters. The van der Waals surface area contributed by atoms with Crippen molar-refractivity contribution < 1.29 is 18.0 Å². The molecule has 4 rings (SSSR count). The fraction of sp³-hybridized carbons (Fsp3) is 0.556. The number of hydrogen-bond donors (Lipinski definition) is 0. The Balaban J connectivity index is 1.34.